The fraction of sp³-hybridized carbons (Fsp3) is 0.632. The molecule has 1 N–H and O–H groups in total. The number of ether oxygens (including phenoxy) is 2. The lowest BCUT2D eigenvalue weighted by molar-refractivity contribution is -0.0257. The summed E-state index contributed by atoms with van der Waals surface area (Å²) in [6.07, 6.45) is 0.594. The van der Waals surface area contributed by atoms with E-state index in [1.165, 1.54) is 0 Å². The van der Waals surface area contributed by atoms with Crippen molar-refractivity contribution in [1.29, 1.82) is 0 Å². The van der Waals surface area contributed by atoms with Crippen LogP contribution in [0.3, 0.4) is 0 Å². The summed E-state index contributed by atoms with van der Waals surface area (Å²) in [5.41, 5.74) is 0.580. The predicted molar refractivity (Wildman–Crippen MR) is 94.9 cm³/mol. The summed E-state index contributed by atoms with van der Waals surface area (Å²) in [7, 11) is 0. The van der Waals surface area contributed by atoms with Crippen LogP contribution in [-0.4, -0.2) is 48.4 Å². The van der Waals surface area contributed by atoms with Gasteiger partial charge < -0.3 is 14.8 Å². The topological polar surface area (TPSA) is 50.8 Å². The number of nitrogens with one attached hydrogen (secondary N) is 1. The van der Waals surface area contributed by atoms with Crippen LogP contribution in [0.5, 0.6) is 0 Å². The highest BCUT2D eigenvalue weighted by Gasteiger charge is 2.32. The van der Waals surface area contributed by atoms with Crippen LogP contribution in [-0.2, 0) is 16.0 Å². The molecule has 1 aromatic carbocycles. The van der Waals surface area contributed by atoms with Crippen LogP contribution in [0.4, 0.5) is 4.79 Å². The standard InChI is InChI=1S/C19H30N2O3/c1-5-20-16-11-17(14-23-13-16)21(18(22)24-19(2,3)4)12-15-9-7-6-8-10-15/h6-10,16-17,20H,5,11-14H2,1-4H3. The van der Waals surface area contributed by atoms with E-state index in [9.17, 15) is 4.79 Å². The van der Waals surface area contributed by atoms with Gasteiger partial charge in [0, 0.05) is 12.6 Å². The number of nitrogens with zero attached hydrogens (tertiary/aromatic N) is 1. The van der Waals surface area contributed by atoms with E-state index in [4.69, 9.17) is 9.47 Å². The Bertz CT molecular complexity index is 511. The summed E-state index contributed by atoms with van der Waals surface area (Å²) in [6, 6.07) is 10.3. The van der Waals surface area contributed by atoms with Crippen LogP contribution in [0.25, 0.3) is 0 Å². The smallest absolute Gasteiger partial charge is 0.410 e. The SMILES string of the molecule is CCNC1COCC(N(Cc2ccccc2)C(=O)OC(C)(C)C)C1. The summed E-state index contributed by atoms with van der Waals surface area (Å²) >= 11 is 0. The zero-order valence-electron chi connectivity index (χ0n) is 15.2. The van der Waals surface area contributed by atoms with Crippen molar-refractivity contribution < 1.29 is 14.3 Å². The lowest BCUT2D eigenvalue weighted by Crippen LogP contribution is -2.52. The van der Waals surface area contributed by atoms with Gasteiger partial charge in [0.2, 0.25) is 0 Å². The van der Waals surface area contributed by atoms with Gasteiger partial charge in [0.05, 0.1) is 19.3 Å². The average molecular weight is 334 g/mol. The van der Waals surface area contributed by atoms with Crippen molar-refractivity contribution in [2.45, 2.75) is 58.3 Å². The minimum atomic E-state index is -0.511. The van der Waals surface area contributed by atoms with Gasteiger partial charge in [0.1, 0.15) is 5.60 Å². The maximum atomic E-state index is 12.8. The molecule has 1 aliphatic heterocycles. The lowest BCUT2D eigenvalue weighted by atomic mass is 10.0. The maximum Gasteiger partial charge on any atom is 0.410 e. The van der Waals surface area contributed by atoms with Crippen molar-refractivity contribution in [2.24, 2.45) is 0 Å². The van der Waals surface area contributed by atoms with Crippen molar-refractivity contribution in [1.82, 2.24) is 10.2 Å². The molecule has 2 rings (SSSR count). The largest absolute Gasteiger partial charge is 0.444 e. The maximum absolute atomic E-state index is 12.8. The molecule has 0 bridgehead atoms. The summed E-state index contributed by atoms with van der Waals surface area (Å²) in [4.78, 5) is 14.6. The first-order valence-corrected chi connectivity index (χ1v) is 8.73. The van der Waals surface area contributed by atoms with Crippen LogP contribution in [0, 0.1) is 0 Å². The molecule has 1 aromatic rings. The minimum Gasteiger partial charge on any atom is -0.444 e. The third kappa shape index (κ3) is 5.80. The van der Waals surface area contributed by atoms with Gasteiger partial charge in [-0.15, -0.1) is 0 Å². The number of carbonyl (C=O) groups excluding carboxylic acids is 1. The van der Waals surface area contributed by atoms with Gasteiger partial charge in [-0.05, 0) is 39.3 Å². The second-order valence-corrected chi connectivity index (χ2v) is 7.28. The Morgan fingerprint density at radius 2 is 2.00 bits per heavy atom. The van der Waals surface area contributed by atoms with E-state index in [1.54, 1.807) is 0 Å². The number of benzene rings is 1. The summed E-state index contributed by atoms with van der Waals surface area (Å²) in [5.74, 6) is 0. The Hall–Kier alpha value is -1.59. The average Bonchev–Trinajstić information content (AvgIpc) is 2.52. The highest BCUT2D eigenvalue weighted by Crippen LogP contribution is 2.20. The molecule has 134 valence electrons. The molecule has 0 aliphatic carbocycles. The highest BCUT2D eigenvalue weighted by atomic mass is 16.6. The molecule has 5 heteroatoms. The predicted octanol–water partition coefficient (Wildman–Crippen LogP) is 3.19. The third-order valence-electron chi connectivity index (χ3n) is 3.94. The number of likely N-dealkylation sites (N-methyl/N-ethyl adjacent to an activating group) is 1. The Labute approximate surface area is 145 Å². The van der Waals surface area contributed by atoms with Crippen LogP contribution in [0.15, 0.2) is 30.3 Å². The molecule has 1 fully saturated rings. The van der Waals surface area contributed by atoms with Gasteiger partial charge in [-0.1, -0.05) is 37.3 Å². The zero-order chi connectivity index (χ0) is 17.6. The number of rotatable bonds is 5. The number of hydrogen-bond donors (Lipinski definition) is 1. The van der Waals surface area contributed by atoms with Gasteiger partial charge in [-0.3, -0.25) is 4.90 Å². The highest BCUT2D eigenvalue weighted by molar-refractivity contribution is 5.68. The van der Waals surface area contributed by atoms with E-state index in [0.717, 1.165) is 18.5 Å². The zero-order valence-corrected chi connectivity index (χ0v) is 15.2. The molecule has 2 unspecified atom stereocenters. The third-order valence-corrected chi connectivity index (χ3v) is 3.94. The Kier molecular flexibility index (Phi) is 6.63. The van der Waals surface area contributed by atoms with Crippen LogP contribution in [0.2, 0.25) is 0 Å². The summed E-state index contributed by atoms with van der Waals surface area (Å²) < 4.78 is 11.4. The Morgan fingerprint density at radius 1 is 1.29 bits per heavy atom. The molecule has 0 aromatic heterocycles. The number of hydrogen-bond acceptors (Lipinski definition) is 4. The fourth-order valence-electron chi connectivity index (χ4n) is 2.90. The quantitative estimate of drug-likeness (QED) is 0.898. The molecule has 1 aliphatic rings. The van der Waals surface area contributed by atoms with E-state index in [0.29, 0.717) is 19.8 Å². The molecular weight excluding hydrogens is 304 g/mol. The van der Waals surface area contributed by atoms with Crippen molar-refractivity contribution >= 4 is 6.09 Å². The molecule has 0 saturated carbocycles. The second kappa shape index (κ2) is 8.49. The fourth-order valence-corrected chi connectivity index (χ4v) is 2.90. The van der Waals surface area contributed by atoms with Crippen LogP contribution >= 0.6 is 0 Å². The summed E-state index contributed by atoms with van der Waals surface area (Å²) in [6.45, 7) is 10.4. The normalized spacial score (nSPS) is 21.3. The number of amides is 1. The second-order valence-electron chi connectivity index (χ2n) is 7.28. The first-order valence-electron chi connectivity index (χ1n) is 8.73. The molecular formula is C19H30N2O3. The minimum absolute atomic E-state index is 0.0119. The first kappa shape index (κ1) is 18.7. The van der Waals surface area contributed by atoms with E-state index in [-0.39, 0.29) is 18.2 Å². The van der Waals surface area contributed by atoms with Gasteiger partial charge in [0.15, 0.2) is 0 Å². The van der Waals surface area contributed by atoms with Crippen molar-refractivity contribution in [2.75, 3.05) is 19.8 Å². The van der Waals surface area contributed by atoms with Gasteiger partial charge in [-0.25, -0.2) is 4.79 Å². The molecule has 1 amide bonds. The molecule has 1 saturated heterocycles. The van der Waals surface area contributed by atoms with Gasteiger partial charge in [0.25, 0.3) is 0 Å². The molecule has 24 heavy (non-hydrogen) atoms. The van der Waals surface area contributed by atoms with Gasteiger partial charge >= 0.3 is 6.09 Å². The number of carbonyl (C=O) groups is 1. The Balaban J connectivity index is 2.13. The van der Waals surface area contributed by atoms with Crippen LogP contribution in [0.1, 0.15) is 39.7 Å². The molecule has 5 nitrogen and oxygen atoms in total. The van der Waals surface area contributed by atoms with Gasteiger partial charge in [-0.2, -0.15) is 0 Å². The molecule has 1 heterocycles. The lowest BCUT2D eigenvalue weighted by Gasteiger charge is -2.38. The van der Waals surface area contributed by atoms with Crippen molar-refractivity contribution in [3.63, 3.8) is 0 Å². The first-order chi connectivity index (χ1) is 11.4. The Morgan fingerprint density at radius 3 is 2.62 bits per heavy atom. The van der Waals surface area contributed by atoms with Crippen LogP contribution < -0.4 is 5.32 Å². The molecule has 0 spiro atoms. The van der Waals surface area contributed by atoms with Crippen molar-refractivity contribution in [3.8, 4) is 0 Å². The molecule has 2 atom stereocenters. The van der Waals surface area contributed by atoms with E-state index in [1.807, 2.05) is 56.0 Å². The monoisotopic (exact) mass is 334 g/mol. The summed E-state index contributed by atoms with van der Waals surface area (Å²) in [5, 5.41) is 3.42. The molecule has 0 radical (unpaired) electrons. The van der Waals surface area contributed by atoms with Crippen molar-refractivity contribution in [3.05, 3.63) is 35.9 Å². The van der Waals surface area contributed by atoms with E-state index in [2.05, 4.69) is 12.2 Å². The van der Waals surface area contributed by atoms with E-state index < -0.39 is 5.60 Å². The van der Waals surface area contributed by atoms with E-state index >= 15 is 0 Å².